The van der Waals surface area contributed by atoms with Crippen molar-refractivity contribution in [3.63, 3.8) is 0 Å². The van der Waals surface area contributed by atoms with E-state index in [2.05, 4.69) is 31.0 Å². The molecule has 3 rings (SSSR count). The first-order valence-corrected chi connectivity index (χ1v) is 5.29. The Morgan fingerprint density at radius 3 is 2.64 bits per heavy atom. The van der Waals surface area contributed by atoms with Gasteiger partial charge in [-0.3, -0.25) is 9.89 Å². The van der Waals surface area contributed by atoms with Crippen LogP contribution in [0.3, 0.4) is 0 Å². The molecular weight excluding hydrogens is 176 g/mol. The van der Waals surface area contributed by atoms with Gasteiger partial charge in [-0.1, -0.05) is 20.8 Å². The monoisotopic (exact) mass is 192 g/mol. The van der Waals surface area contributed by atoms with Crippen LogP contribution in [-0.4, -0.2) is 10.2 Å². The first-order valence-electron chi connectivity index (χ1n) is 5.29. The minimum atomic E-state index is 0.0986. The average Bonchev–Trinajstić information content (AvgIpc) is 2.63. The van der Waals surface area contributed by atoms with Gasteiger partial charge in [0.2, 0.25) is 0 Å². The summed E-state index contributed by atoms with van der Waals surface area (Å²) in [7, 11) is 0. The second-order valence-electron chi connectivity index (χ2n) is 5.51. The molecule has 2 N–H and O–H groups in total. The van der Waals surface area contributed by atoms with Gasteiger partial charge in [0.1, 0.15) is 0 Å². The van der Waals surface area contributed by atoms with Crippen molar-refractivity contribution in [1.29, 1.82) is 0 Å². The van der Waals surface area contributed by atoms with E-state index in [0.29, 0.717) is 5.92 Å². The van der Waals surface area contributed by atoms with Crippen LogP contribution >= 0.6 is 0 Å². The number of rotatable bonds is 0. The van der Waals surface area contributed by atoms with Crippen LogP contribution in [-0.2, 0) is 5.41 Å². The van der Waals surface area contributed by atoms with Crippen LogP contribution in [0.25, 0.3) is 0 Å². The maximum absolute atomic E-state index is 11.6. The highest BCUT2D eigenvalue weighted by molar-refractivity contribution is 5.43. The van der Waals surface area contributed by atoms with Crippen LogP contribution in [0.2, 0.25) is 0 Å². The third-order valence-corrected chi connectivity index (χ3v) is 4.94. The molecule has 3 nitrogen and oxygen atoms in total. The zero-order chi connectivity index (χ0) is 10.1. The molecule has 0 spiro atoms. The van der Waals surface area contributed by atoms with E-state index in [1.807, 2.05) is 0 Å². The lowest BCUT2D eigenvalue weighted by molar-refractivity contribution is 0.225. The van der Waals surface area contributed by atoms with Gasteiger partial charge in [-0.2, -0.15) is 0 Å². The number of hydrogen-bond donors (Lipinski definition) is 2. The SMILES string of the molecule is CC1(C)[C@H]2CC[C@]1(C)c1[nH][nH]c(=O)c12. The molecule has 0 aliphatic heterocycles. The molecule has 2 atom stereocenters. The molecule has 2 aliphatic rings. The number of aromatic nitrogens is 2. The topological polar surface area (TPSA) is 48.6 Å². The molecule has 1 fully saturated rings. The Kier molecular flexibility index (Phi) is 1.19. The second kappa shape index (κ2) is 2.00. The van der Waals surface area contributed by atoms with Gasteiger partial charge in [0, 0.05) is 16.7 Å². The maximum atomic E-state index is 11.6. The summed E-state index contributed by atoms with van der Waals surface area (Å²) in [6.45, 7) is 6.86. The number of H-pyrrole nitrogens is 2. The number of hydrogen-bond acceptors (Lipinski definition) is 1. The molecule has 1 aromatic heterocycles. The van der Waals surface area contributed by atoms with Crippen molar-refractivity contribution < 1.29 is 0 Å². The van der Waals surface area contributed by atoms with E-state index in [1.165, 1.54) is 12.1 Å². The van der Waals surface area contributed by atoms with Crippen LogP contribution in [0, 0.1) is 5.41 Å². The van der Waals surface area contributed by atoms with Gasteiger partial charge in [0.05, 0.1) is 0 Å². The van der Waals surface area contributed by atoms with E-state index in [-0.39, 0.29) is 16.4 Å². The van der Waals surface area contributed by atoms with E-state index >= 15 is 0 Å². The fourth-order valence-corrected chi connectivity index (χ4v) is 3.59. The van der Waals surface area contributed by atoms with Gasteiger partial charge in [0.15, 0.2) is 0 Å². The Hall–Kier alpha value is -0.990. The molecule has 14 heavy (non-hydrogen) atoms. The highest BCUT2D eigenvalue weighted by Crippen LogP contribution is 2.66. The van der Waals surface area contributed by atoms with E-state index in [1.54, 1.807) is 0 Å². The quantitative estimate of drug-likeness (QED) is 0.647. The Bertz CT molecular complexity index is 454. The molecule has 1 heterocycles. The van der Waals surface area contributed by atoms with Crippen LogP contribution in [0.15, 0.2) is 4.79 Å². The summed E-state index contributed by atoms with van der Waals surface area (Å²) in [6, 6.07) is 0. The van der Waals surface area contributed by atoms with E-state index in [9.17, 15) is 4.79 Å². The third-order valence-electron chi connectivity index (χ3n) is 4.94. The van der Waals surface area contributed by atoms with Crippen molar-refractivity contribution in [2.45, 2.75) is 44.9 Å². The van der Waals surface area contributed by atoms with Crippen molar-refractivity contribution in [3.8, 4) is 0 Å². The summed E-state index contributed by atoms with van der Waals surface area (Å²) >= 11 is 0. The zero-order valence-electron chi connectivity index (χ0n) is 8.90. The summed E-state index contributed by atoms with van der Waals surface area (Å²) in [4.78, 5) is 11.6. The first-order chi connectivity index (χ1) is 6.48. The van der Waals surface area contributed by atoms with Crippen molar-refractivity contribution in [1.82, 2.24) is 10.2 Å². The molecule has 1 saturated carbocycles. The summed E-state index contributed by atoms with van der Waals surface area (Å²) in [6.07, 6.45) is 2.36. The van der Waals surface area contributed by atoms with Crippen LogP contribution in [0.5, 0.6) is 0 Å². The molecule has 0 radical (unpaired) electrons. The highest BCUT2D eigenvalue weighted by Gasteiger charge is 2.61. The lowest BCUT2D eigenvalue weighted by atomic mass is 9.70. The Labute approximate surface area is 82.9 Å². The third kappa shape index (κ3) is 0.596. The molecule has 0 saturated heterocycles. The lowest BCUT2D eigenvalue weighted by Crippen LogP contribution is -2.32. The van der Waals surface area contributed by atoms with Crippen molar-refractivity contribution in [2.75, 3.05) is 0 Å². The zero-order valence-corrected chi connectivity index (χ0v) is 8.90. The largest absolute Gasteiger partial charge is 0.301 e. The van der Waals surface area contributed by atoms with E-state index < -0.39 is 0 Å². The maximum Gasteiger partial charge on any atom is 0.267 e. The van der Waals surface area contributed by atoms with Gasteiger partial charge < -0.3 is 5.10 Å². The summed E-state index contributed by atoms with van der Waals surface area (Å²) < 4.78 is 0. The van der Waals surface area contributed by atoms with Gasteiger partial charge >= 0.3 is 0 Å². The second-order valence-corrected chi connectivity index (χ2v) is 5.51. The normalized spacial score (nSPS) is 37.5. The standard InChI is InChI=1S/C11H16N2O/c1-10(2)6-4-5-11(10,3)8-7(6)9(14)13-12-8/h6H,4-5H2,1-3H3,(H2,12,13,14)/t6-,11+/m0/s1. The van der Waals surface area contributed by atoms with Gasteiger partial charge in [0.25, 0.3) is 5.56 Å². The van der Waals surface area contributed by atoms with Gasteiger partial charge in [-0.15, -0.1) is 0 Å². The number of fused-ring (bicyclic) bond motifs is 5. The summed E-state index contributed by atoms with van der Waals surface area (Å²) in [5.41, 5.74) is 2.71. The molecule has 0 unspecified atom stereocenters. The molecule has 2 bridgehead atoms. The van der Waals surface area contributed by atoms with E-state index in [4.69, 9.17) is 0 Å². The molecule has 0 aromatic carbocycles. The van der Waals surface area contributed by atoms with Gasteiger partial charge in [-0.05, 0) is 24.2 Å². The van der Waals surface area contributed by atoms with Crippen LogP contribution in [0.1, 0.15) is 50.8 Å². The predicted octanol–water partition coefficient (Wildman–Crippen LogP) is 1.88. The van der Waals surface area contributed by atoms with E-state index in [0.717, 1.165) is 12.0 Å². The molecular formula is C11H16N2O. The van der Waals surface area contributed by atoms with Crippen LogP contribution in [0.4, 0.5) is 0 Å². The highest BCUT2D eigenvalue weighted by atomic mass is 16.1. The number of aromatic amines is 2. The molecule has 1 aromatic rings. The first kappa shape index (κ1) is 8.33. The fraction of sp³-hybridized carbons (Fsp3) is 0.727. The predicted molar refractivity (Wildman–Crippen MR) is 54.5 cm³/mol. The van der Waals surface area contributed by atoms with Crippen molar-refractivity contribution in [3.05, 3.63) is 21.6 Å². The molecule has 0 amide bonds. The number of nitrogens with one attached hydrogen (secondary N) is 2. The molecule has 2 aliphatic carbocycles. The smallest absolute Gasteiger partial charge is 0.267 e. The Morgan fingerprint density at radius 1 is 1.29 bits per heavy atom. The minimum absolute atomic E-state index is 0.0986. The fourth-order valence-electron chi connectivity index (χ4n) is 3.59. The van der Waals surface area contributed by atoms with Crippen LogP contribution < -0.4 is 5.56 Å². The lowest BCUT2D eigenvalue weighted by Gasteiger charge is -2.34. The molecule has 3 heteroatoms. The summed E-state index contributed by atoms with van der Waals surface area (Å²) in [5, 5.41) is 5.80. The Balaban J connectivity index is 2.37. The minimum Gasteiger partial charge on any atom is -0.301 e. The summed E-state index contributed by atoms with van der Waals surface area (Å²) in [5.74, 6) is 0.456. The van der Waals surface area contributed by atoms with Gasteiger partial charge in [-0.25, -0.2) is 0 Å². The Morgan fingerprint density at radius 2 is 2.00 bits per heavy atom. The van der Waals surface area contributed by atoms with Crippen molar-refractivity contribution >= 4 is 0 Å². The average molecular weight is 192 g/mol. The molecule has 76 valence electrons. The van der Waals surface area contributed by atoms with Crippen molar-refractivity contribution in [2.24, 2.45) is 5.41 Å².